The van der Waals surface area contributed by atoms with E-state index < -0.39 is 5.92 Å². The van der Waals surface area contributed by atoms with Crippen molar-refractivity contribution in [1.29, 1.82) is 0 Å². The lowest BCUT2D eigenvalue weighted by atomic mass is 10.0. The van der Waals surface area contributed by atoms with Gasteiger partial charge in [0.25, 0.3) is 0 Å². The fourth-order valence-electron chi connectivity index (χ4n) is 2.04. The Morgan fingerprint density at radius 2 is 1.95 bits per heavy atom. The topological polar surface area (TPSA) is 87.7 Å². The van der Waals surface area contributed by atoms with Gasteiger partial charge in [0.05, 0.1) is 5.92 Å². The van der Waals surface area contributed by atoms with Crippen molar-refractivity contribution in [3.8, 4) is 0 Å². The molecule has 1 aromatic carbocycles. The Balaban J connectivity index is 2.72. The molecule has 5 nitrogen and oxygen atoms in total. The maximum absolute atomic E-state index is 12.1. The van der Waals surface area contributed by atoms with Crippen LogP contribution in [-0.2, 0) is 11.2 Å². The molecule has 110 valence electrons. The van der Waals surface area contributed by atoms with Crippen molar-refractivity contribution in [2.45, 2.75) is 39.5 Å². The number of amides is 1. The molecular formula is C15H23N3O2. The third kappa shape index (κ3) is 4.57. The van der Waals surface area contributed by atoms with Crippen molar-refractivity contribution in [3.05, 3.63) is 29.8 Å². The summed E-state index contributed by atoms with van der Waals surface area (Å²) in [5.41, 5.74) is 7.53. The van der Waals surface area contributed by atoms with E-state index in [0.717, 1.165) is 24.9 Å². The smallest absolute Gasteiger partial charge is 0.235 e. The number of nitrogens with two attached hydrogens (primary N) is 1. The number of amidine groups is 1. The number of nitrogens with one attached hydrogen (secondary N) is 1. The van der Waals surface area contributed by atoms with Crippen molar-refractivity contribution in [3.63, 3.8) is 0 Å². The van der Waals surface area contributed by atoms with Gasteiger partial charge in [-0.25, -0.2) is 0 Å². The average molecular weight is 277 g/mol. The van der Waals surface area contributed by atoms with E-state index in [-0.39, 0.29) is 11.7 Å². The Hall–Kier alpha value is -2.04. The molecule has 0 saturated carbocycles. The van der Waals surface area contributed by atoms with Crippen LogP contribution in [0.5, 0.6) is 0 Å². The van der Waals surface area contributed by atoms with Crippen LogP contribution in [-0.4, -0.2) is 17.0 Å². The minimum Gasteiger partial charge on any atom is -0.409 e. The van der Waals surface area contributed by atoms with Crippen LogP contribution in [0.3, 0.4) is 0 Å². The third-order valence-corrected chi connectivity index (χ3v) is 3.13. The maximum atomic E-state index is 12.1. The molecule has 0 saturated heterocycles. The monoisotopic (exact) mass is 277 g/mol. The van der Waals surface area contributed by atoms with E-state index >= 15 is 0 Å². The SMILES string of the molecule is CCCc1ccc(NC(=O)C(CCC)C(N)=NO)cc1. The van der Waals surface area contributed by atoms with Crippen molar-refractivity contribution in [1.82, 2.24) is 0 Å². The van der Waals surface area contributed by atoms with Gasteiger partial charge < -0.3 is 16.3 Å². The van der Waals surface area contributed by atoms with E-state index in [4.69, 9.17) is 10.9 Å². The first kappa shape index (κ1) is 16.0. The normalized spacial score (nSPS) is 13.0. The summed E-state index contributed by atoms with van der Waals surface area (Å²) < 4.78 is 0. The van der Waals surface area contributed by atoms with E-state index in [9.17, 15) is 4.79 Å². The number of rotatable bonds is 7. The summed E-state index contributed by atoms with van der Waals surface area (Å²) in [6.07, 6.45) is 3.45. The zero-order chi connectivity index (χ0) is 15.0. The Bertz CT molecular complexity index is 455. The van der Waals surface area contributed by atoms with Gasteiger partial charge in [-0.15, -0.1) is 0 Å². The van der Waals surface area contributed by atoms with Gasteiger partial charge in [-0.2, -0.15) is 0 Å². The molecule has 0 aliphatic rings. The second-order valence-corrected chi connectivity index (χ2v) is 4.80. The van der Waals surface area contributed by atoms with Crippen molar-refractivity contribution in [2.75, 3.05) is 5.32 Å². The molecule has 0 spiro atoms. The van der Waals surface area contributed by atoms with Crippen molar-refractivity contribution in [2.24, 2.45) is 16.8 Å². The molecule has 5 heteroatoms. The van der Waals surface area contributed by atoms with Crippen molar-refractivity contribution >= 4 is 17.4 Å². The van der Waals surface area contributed by atoms with Gasteiger partial charge in [-0.05, 0) is 30.5 Å². The number of aryl methyl sites for hydroxylation is 1. The Labute approximate surface area is 119 Å². The highest BCUT2D eigenvalue weighted by Gasteiger charge is 2.22. The van der Waals surface area contributed by atoms with Gasteiger partial charge in [-0.3, -0.25) is 4.79 Å². The summed E-state index contributed by atoms with van der Waals surface area (Å²) in [6, 6.07) is 7.74. The lowest BCUT2D eigenvalue weighted by Crippen LogP contribution is -2.34. The Morgan fingerprint density at radius 1 is 1.30 bits per heavy atom. The van der Waals surface area contributed by atoms with Gasteiger partial charge in [0.1, 0.15) is 0 Å². The lowest BCUT2D eigenvalue weighted by Gasteiger charge is -2.14. The Kier molecular flexibility index (Phi) is 6.56. The first-order chi connectivity index (χ1) is 9.62. The number of oxime groups is 1. The number of carbonyl (C=O) groups excluding carboxylic acids is 1. The summed E-state index contributed by atoms with van der Waals surface area (Å²) >= 11 is 0. The zero-order valence-electron chi connectivity index (χ0n) is 12.1. The standard InChI is InChI=1S/C15H23N3O2/c1-3-5-11-7-9-12(10-8-11)17-15(19)13(6-4-2)14(16)18-20/h7-10,13,20H,3-6H2,1-2H3,(H2,16,18)(H,17,19). The lowest BCUT2D eigenvalue weighted by molar-refractivity contribution is -0.118. The van der Waals surface area contributed by atoms with Crippen LogP contribution in [0.4, 0.5) is 5.69 Å². The minimum atomic E-state index is -0.597. The minimum absolute atomic E-state index is 0.0491. The highest BCUT2D eigenvalue weighted by atomic mass is 16.4. The summed E-state index contributed by atoms with van der Waals surface area (Å²) in [6.45, 7) is 4.08. The van der Waals surface area contributed by atoms with Gasteiger partial charge >= 0.3 is 0 Å². The molecule has 0 radical (unpaired) electrons. The molecule has 0 heterocycles. The number of carbonyl (C=O) groups is 1. The second kappa shape index (κ2) is 8.19. The summed E-state index contributed by atoms with van der Waals surface area (Å²) in [4.78, 5) is 12.1. The maximum Gasteiger partial charge on any atom is 0.235 e. The first-order valence-corrected chi connectivity index (χ1v) is 6.99. The van der Waals surface area contributed by atoms with Gasteiger partial charge in [0, 0.05) is 5.69 Å². The quantitative estimate of drug-likeness (QED) is 0.310. The molecule has 0 aromatic heterocycles. The molecule has 20 heavy (non-hydrogen) atoms. The van der Waals surface area contributed by atoms with Crippen LogP contribution < -0.4 is 11.1 Å². The fourth-order valence-corrected chi connectivity index (χ4v) is 2.04. The number of nitrogens with zero attached hydrogens (tertiary/aromatic N) is 1. The molecule has 0 fully saturated rings. The van der Waals surface area contributed by atoms with E-state index in [2.05, 4.69) is 17.4 Å². The van der Waals surface area contributed by atoms with Crippen LogP contribution >= 0.6 is 0 Å². The van der Waals surface area contributed by atoms with Crippen LogP contribution in [0.2, 0.25) is 0 Å². The molecule has 1 unspecified atom stereocenters. The van der Waals surface area contributed by atoms with E-state index in [1.807, 2.05) is 31.2 Å². The largest absolute Gasteiger partial charge is 0.409 e. The number of anilines is 1. The van der Waals surface area contributed by atoms with Crippen LogP contribution in [0.15, 0.2) is 29.4 Å². The summed E-state index contributed by atoms with van der Waals surface area (Å²) in [5, 5.41) is 14.5. The van der Waals surface area contributed by atoms with Gasteiger partial charge in [-0.1, -0.05) is 44.0 Å². The van der Waals surface area contributed by atoms with Crippen LogP contribution in [0, 0.1) is 5.92 Å². The average Bonchev–Trinajstić information content (AvgIpc) is 2.46. The number of benzene rings is 1. The van der Waals surface area contributed by atoms with E-state index in [0.29, 0.717) is 6.42 Å². The van der Waals surface area contributed by atoms with Crippen LogP contribution in [0.25, 0.3) is 0 Å². The number of hydrogen-bond donors (Lipinski definition) is 3. The Morgan fingerprint density at radius 3 is 2.45 bits per heavy atom. The second-order valence-electron chi connectivity index (χ2n) is 4.80. The third-order valence-electron chi connectivity index (χ3n) is 3.13. The molecule has 0 bridgehead atoms. The zero-order valence-corrected chi connectivity index (χ0v) is 12.1. The highest BCUT2D eigenvalue weighted by Crippen LogP contribution is 2.14. The van der Waals surface area contributed by atoms with Crippen molar-refractivity contribution < 1.29 is 10.0 Å². The molecule has 1 aromatic rings. The summed E-state index contributed by atoms with van der Waals surface area (Å²) in [5.74, 6) is -0.891. The fraction of sp³-hybridized carbons (Fsp3) is 0.467. The molecule has 1 rings (SSSR count). The molecule has 0 aliphatic heterocycles. The summed E-state index contributed by atoms with van der Waals surface area (Å²) in [7, 11) is 0. The number of hydrogen-bond acceptors (Lipinski definition) is 3. The molecular weight excluding hydrogens is 254 g/mol. The van der Waals surface area contributed by atoms with E-state index in [1.54, 1.807) is 0 Å². The van der Waals surface area contributed by atoms with E-state index in [1.165, 1.54) is 5.56 Å². The molecule has 1 atom stereocenters. The molecule has 1 amide bonds. The van der Waals surface area contributed by atoms with Crippen LogP contribution in [0.1, 0.15) is 38.7 Å². The predicted molar refractivity (Wildman–Crippen MR) is 80.9 cm³/mol. The molecule has 4 N–H and O–H groups in total. The predicted octanol–water partition coefficient (Wildman–Crippen LogP) is 2.74. The highest BCUT2D eigenvalue weighted by molar-refractivity contribution is 6.07. The molecule has 0 aliphatic carbocycles. The van der Waals surface area contributed by atoms with Gasteiger partial charge in [0.2, 0.25) is 5.91 Å². The first-order valence-electron chi connectivity index (χ1n) is 6.99. The van der Waals surface area contributed by atoms with Gasteiger partial charge in [0.15, 0.2) is 5.84 Å².